The van der Waals surface area contributed by atoms with Crippen molar-refractivity contribution in [1.29, 1.82) is 0 Å². The van der Waals surface area contributed by atoms with E-state index in [9.17, 15) is 15.0 Å². The molecule has 3 rings (SSSR count). The molecule has 7 nitrogen and oxygen atoms in total. The second-order valence-electron chi connectivity index (χ2n) is 7.76. The van der Waals surface area contributed by atoms with Gasteiger partial charge in [0.25, 0.3) is 0 Å². The Morgan fingerprint density at radius 2 is 1.18 bits per heavy atom. The first-order valence-corrected chi connectivity index (χ1v) is 10.9. The fraction of sp³-hybridized carbons (Fsp3) is 0.296. The summed E-state index contributed by atoms with van der Waals surface area (Å²) < 4.78 is 21.5. The molecule has 0 radical (unpaired) electrons. The van der Waals surface area contributed by atoms with Crippen LogP contribution in [0.15, 0.2) is 72.8 Å². The number of carbonyl (C=O) groups excluding carboxylic acids is 1. The summed E-state index contributed by atoms with van der Waals surface area (Å²) in [6, 6.07) is 21.1. The minimum atomic E-state index is -1.05. The molecular weight excluding hydrogens is 436 g/mol. The second-order valence-corrected chi connectivity index (χ2v) is 7.76. The first kappa shape index (κ1) is 25.1. The van der Waals surface area contributed by atoms with E-state index in [2.05, 4.69) is 0 Å². The SMILES string of the molecule is COc1ccc(C(=O)OC(C[C@@H](c2ccc(OC)cc2)[C@H](O)CO)c2ccc(OC)cc2)cc1. The van der Waals surface area contributed by atoms with Crippen molar-refractivity contribution in [2.45, 2.75) is 24.5 Å². The number of aliphatic hydroxyl groups excluding tert-OH is 2. The standard InChI is InChI=1S/C27H30O7/c1-31-21-10-4-18(5-11-21)24(25(29)17-28)16-26(19-6-12-22(32-2)13-7-19)34-27(30)20-8-14-23(33-3)15-9-20/h4-15,24-26,28-29H,16-17H2,1-3H3/t24-,25+,26?/m0/s1. The van der Waals surface area contributed by atoms with E-state index in [-0.39, 0.29) is 6.42 Å². The molecule has 0 heterocycles. The van der Waals surface area contributed by atoms with Crippen LogP contribution in [-0.4, -0.2) is 50.2 Å². The smallest absolute Gasteiger partial charge is 0.338 e. The highest BCUT2D eigenvalue weighted by molar-refractivity contribution is 5.89. The summed E-state index contributed by atoms with van der Waals surface area (Å²) in [6.07, 6.45) is -1.48. The lowest BCUT2D eigenvalue weighted by Gasteiger charge is -2.27. The maximum absolute atomic E-state index is 13.0. The summed E-state index contributed by atoms with van der Waals surface area (Å²) in [5.41, 5.74) is 1.91. The van der Waals surface area contributed by atoms with Crippen molar-refractivity contribution >= 4 is 5.97 Å². The number of aliphatic hydroxyl groups is 2. The van der Waals surface area contributed by atoms with Gasteiger partial charge in [-0.15, -0.1) is 0 Å². The summed E-state index contributed by atoms with van der Waals surface area (Å²) in [5.74, 6) is 0.987. The van der Waals surface area contributed by atoms with Gasteiger partial charge in [-0.1, -0.05) is 24.3 Å². The molecule has 3 atom stereocenters. The van der Waals surface area contributed by atoms with Crippen molar-refractivity contribution in [3.8, 4) is 17.2 Å². The van der Waals surface area contributed by atoms with Crippen LogP contribution < -0.4 is 14.2 Å². The molecule has 0 amide bonds. The van der Waals surface area contributed by atoms with Gasteiger partial charge in [-0.2, -0.15) is 0 Å². The average molecular weight is 467 g/mol. The Kier molecular flexibility index (Phi) is 8.90. The molecule has 180 valence electrons. The third-order valence-electron chi connectivity index (χ3n) is 5.73. The molecule has 0 saturated carbocycles. The minimum absolute atomic E-state index is 0.252. The molecule has 0 bridgehead atoms. The monoisotopic (exact) mass is 466 g/mol. The number of hydrogen-bond acceptors (Lipinski definition) is 7. The van der Waals surface area contributed by atoms with Crippen molar-refractivity contribution in [2.24, 2.45) is 0 Å². The van der Waals surface area contributed by atoms with Gasteiger partial charge in [0, 0.05) is 5.92 Å². The van der Waals surface area contributed by atoms with E-state index in [1.807, 2.05) is 24.3 Å². The van der Waals surface area contributed by atoms with Crippen molar-refractivity contribution < 1.29 is 34.0 Å². The molecule has 34 heavy (non-hydrogen) atoms. The summed E-state index contributed by atoms with van der Waals surface area (Å²) in [5, 5.41) is 20.3. The van der Waals surface area contributed by atoms with E-state index >= 15 is 0 Å². The average Bonchev–Trinajstić information content (AvgIpc) is 2.90. The number of rotatable bonds is 11. The number of esters is 1. The van der Waals surface area contributed by atoms with Crippen LogP contribution in [-0.2, 0) is 4.74 Å². The van der Waals surface area contributed by atoms with Crippen LogP contribution in [0.2, 0.25) is 0 Å². The van der Waals surface area contributed by atoms with Gasteiger partial charge >= 0.3 is 5.97 Å². The van der Waals surface area contributed by atoms with Gasteiger partial charge in [0.05, 0.1) is 39.6 Å². The van der Waals surface area contributed by atoms with Gasteiger partial charge < -0.3 is 29.2 Å². The molecule has 3 aromatic carbocycles. The van der Waals surface area contributed by atoms with Crippen molar-refractivity contribution in [2.75, 3.05) is 27.9 Å². The fourth-order valence-corrected chi connectivity index (χ4v) is 3.72. The Morgan fingerprint density at radius 1 is 0.735 bits per heavy atom. The minimum Gasteiger partial charge on any atom is -0.497 e. The predicted molar refractivity (Wildman–Crippen MR) is 128 cm³/mol. The largest absolute Gasteiger partial charge is 0.497 e. The number of ether oxygens (including phenoxy) is 4. The van der Waals surface area contributed by atoms with E-state index in [0.29, 0.717) is 22.8 Å². The number of benzene rings is 3. The molecule has 0 aliphatic rings. The number of hydrogen-bond donors (Lipinski definition) is 2. The second kappa shape index (κ2) is 12.1. The number of carbonyl (C=O) groups is 1. The van der Waals surface area contributed by atoms with Gasteiger partial charge in [0.15, 0.2) is 0 Å². The van der Waals surface area contributed by atoms with Gasteiger partial charge in [-0.25, -0.2) is 4.79 Å². The Bertz CT molecular complexity index is 1030. The zero-order chi connectivity index (χ0) is 24.5. The molecule has 0 spiro atoms. The van der Waals surface area contributed by atoms with E-state index < -0.39 is 30.7 Å². The highest BCUT2D eigenvalue weighted by Gasteiger charge is 2.28. The highest BCUT2D eigenvalue weighted by Crippen LogP contribution is 2.35. The van der Waals surface area contributed by atoms with Gasteiger partial charge in [-0.05, 0) is 66.1 Å². The third kappa shape index (κ3) is 6.27. The Labute approximate surface area is 199 Å². The molecule has 0 saturated heterocycles. The quantitative estimate of drug-likeness (QED) is 0.410. The number of methoxy groups -OCH3 is 3. The Balaban J connectivity index is 1.91. The molecule has 1 unspecified atom stereocenters. The van der Waals surface area contributed by atoms with Crippen LogP contribution in [0, 0.1) is 0 Å². The Hall–Kier alpha value is -3.55. The fourth-order valence-electron chi connectivity index (χ4n) is 3.72. The lowest BCUT2D eigenvalue weighted by atomic mass is 9.86. The normalized spacial score (nSPS) is 13.4. The first-order chi connectivity index (χ1) is 16.5. The molecule has 7 heteroatoms. The van der Waals surface area contributed by atoms with Crippen molar-refractivity contribution in [3.63, 3.8) is 0 Å². The van der Waals surface area contributed by atoms with Gasteiger partial charge in [0.1, 0.15) is 23.4 Å². The van der Waals surface area contributed by atoms with Crippen LogP contribution in [0.3, 0.4) is 0 Å². The Morgan fingerprint density at radius 3 is 1.62 bits per heavy atom. The maximum atomic E-state index is 13.0. The summed E-state index contributed by atoms with van der Waals surface area (Å²) in [6.45, 7) is -0.432. The van der Waals surface area contributed by atoms with Crippen LogP contribution in [0.1, 0.15) is 39.9 Å². The lowest BCUT2D eigenvalue weighted by molar-refractivity contribution is 0.0137. The molecule has 2 N–H and O–H groups in total. The zero-order valence-corrected chi connectivity index (χ0v) is 19.5. The van der Waals surface area contributed by atoms with Crippen LogP contribution in [0.25, 0.3) is 0 Å². The lowest BCUT2D eigenvalue weighted by Crippen LogP contribution is -2.26. The third-order valence-corrected chi connectivity index (χ3v) is 5.73. The summed E-state index contributed by atoms with van der Waals surface area (Å²) in [7, 11) is 4.71. The molecule has 0 aliphatic carbocycles. The van der Waals surface area contributed by atoms with Crippen LogP contribution in [0.4, 0.5) is 0 Å². The topological polar surface area (TPSA) is 94.5 Å². The molecule has 0 fully saturated rings. The molecule has 0 aromatic heterocycles. The summed E-state index contributed by atoms with van der Waals surface area (Å²) in [4.78, 5) is 13.0. The van der Waals surface area contributed by atoms with E-state index in [0.717, 1.165) is 11.1 Å². The van der Waals surface area contributed by atoms with E-state index in [1.54, 1.807) is 69.9 Å². The molecule has 3 aromatic rings. The molecule has 0 aliphatic heterocycles. The van der Waals surface area contributed by atoms with Crippen LogP contribution >= 0.6 is 0 Å². The van der Waals surface area contributed by atoms with Crippen molar-refractivity contribution in [1.82, 2.24) is 0 Å². The highest BCUT2D eigenvalue weighted by atomic mass is 16.5. The van der Waals surface area contributed by atoms with Gasteiger partial charge in [-0.3, -0.25) is 0 Å². The molecular formula is C27H30O7. The van der Waals surface area contributed by atoms with E-state index in [4.69, 9.17) is 18.9 Å². The van der Waals surface area contributed by atoms with Crippen LogP contribution in [0.5, 0.6) is 17.2 Å². The van der Waals surface area contributed by atoms with Gasteiger partial charge in [0.2, 0.25) is 0 Å². The zero-order valence-electron chi connectivity index (χ0n) is 19.5. The summed E-state index contributed by atoms with van der Waals surface area (Å²) >= 11 is 0. The maximum Gasteiger partial charge on any atom is 0.338 e. The van der Waals surface area contributed by atoms with E-state index in [1.165, 1.54) is 0 Å². The predicted octanol–water partition coefficient (Wildman–Crippen LogP) is 4.14. The first-order valence-electron chi connectivity index (χ1n) is 10.9. The van der Waals surface area contributed by atoms with Crippen molar-refractivity contribution in [3.05, 3.63) is 89.5 Å².